The Morgan fingerprint density at radius 2 is 1.61 bits per heavy atom. The fraction of sp³-hybridized carbons (Fsp3) is 0.0417. The molecule has 9 heteroatoms. The summed E-state index contributed by atoms with van der Waals surface area (Å²) in [6.45, 7) is 0. The molecule has 0 amide bonds. The van der Waals surface area contributed by atoms with E-state index in [2.05, 4.69) is 21.2 Å². The third-order valence-electron chi connectivity index (χ3n) is 4.89. The minimum absolute atomic E-state index is 0.0667. The van der Waals surface area contributed by atoms with Crippen molar-refractivity contribution in [2.75, 3.05) is 18.2 Å². The van der Waals surface area contributed by atoms with Crippen molar-refractivity contribution in [3.63, 3.8) is 0 Å². The molecule has 0 atom stereocenters. The summed E-state index contributed by atoms with van der Waals surface area (Å²) in [6, 6.07) is 22.0. The second-order valence-corrected chi connectivity index (χ2v) is 10.8. The maximum Gasteiger partial charge on any atom is 0.211 e. The number of nitrogens with two attached hydrogens (primary N) is 1. The number of hydrogen-bond donors (Lipinski definition) is 2. The third-order valence-corrected chi connectivity index (χ3v) is 8.52. The maximum absolute atomic E-state index is 13.6. The van der Waals surface area contributed by atoms with Gasteiger partial charge in [0.1, 0.15) is 20.5 Å². The fourth-order valence-electron chi connectivity index (χ4n) is 3.27. The molecule has 33 heavy (non-hydrogen) atoms. The number of ether oxygens (including phenoxy) is 1. The van der Waals surface area contributed by atoms with E-state index in [0.29, 0.717) is 17.0 Å². The quantitative estimate of drug-likeness (QED) is 0.281. The van der Waals surface area contributed by atoms with Gasteiger partial charge in [0.25, 0.3) is 0 Å². The summed E-state index contributed by atoms with van der Waals surface area (Å²) in [5.74, 6) is 0.172. The van der Waals surface area contributed by atoms with E-state index in [1.54, 1.807) is 66.7 Å². The van der Waals surface area contributed by atoms with E-state index >= 15 is 0 Å². The monoisotopic (exact) mass is 542 g/mol. The number of thiophene rings is 1. The number of para-hydroxylation sites is 2. The molecule has 0 spiro atoms. The fourth-order valence-corrected chi connectivity index (χ4v) is 6.46. The van der Waals surface area contributed by atoms with Crippen molar-refractivity contribution in [3.8, 4) is 5.75 Å². The van der Waals surface area contributed by atoms with Crippen LogP contribution in [0.5, 0.6) is 5.75 Å². The Hall–Kier alpha value is -3.14. The molecule has 168 valence electrons. The van der Waals surface area contributed by atoms with Gasteiger partial charge in [0.2, 0.25) is 15.6 Å². The molecule has 4 rings (SSSR count). The maximum atomic E-state index is 13.6. The number of carbonyl (C=O) groups is 1. The van der Waals surface area contributed by atoms with E-state index in [4.69, 9.17) is 10.5 Å². The number of ketones is 1. The molecule has 1 aromatic heterocycles. The smallest absolute Gasteiger partial charge is 0.211 e. The van der Waals surface area contributed by atoms with Gasteiger partial charge in [-0.2, -0.15) is 0 Å². The highest BCUT2D eigenvalue weighted by Crippen LogP contribution is 2.45. The zero-order chi connectivity index (χ0) is 23.6. The SMILES string of the molecule is COc1ccccc1Nc1sc(C(=O)c2ccccc2)c(N)c1S(=O)(=O)c1ccc(Br)cc1. The van der Waals surface area contributed by atoms with Crippen LogP contribution in [0.15, 0.2) is 93.1 Å². The molecule has 0 fully saturated rings. The van der Waals surface area contributed by atoms with Crippen molar-refractivity contribution in [1.29, 1.82) is 0 Å². The minimum Gasteiger partial charge on any atom is -0.495 e. The molecule has 0 aliphatic carbocycles. The molecule has 0 saturated carbocycles. The highest BCUT2D eigenvalue weighted by atomic mass is 79.9. The molecule has 0 bridgehead atoms. The minimum atomic E-state index is -4.04. The van der Waals surface area contributed by atoms with Gasteiger partial charge in [-0.25, -0.2) is 8.42 Å². The summed E-state index contributed by atoms with van der Waals surface area (Å²) in [5.41, 5.74) is 7.23. The van der Waals surface area contributed by atoms with Crippen LogP contribution in [0.3, 0.4) is 0 Å². The van der Waals surface area contributed by atoms with Crippen LogP contribution in [0.2, 0.25) is 0 Å². The molecule has 0 unspecified atom stereocenters. The lowest BCUT2D eigenvalue weighted by Gasteiger charge is -2.12. The number of anilines is 3. The Kier molecular flexibility index (Phi) is 6.55. The number of halogens is 1. The molecule has 0 aliphatic rings. The molecule has 3 N–H and O–H groups in total. The van der Waals surface area contributed by atoms with Crippen LogP contribution in [-0.4, -0.2) is 21.3 Å². The molecule has 3 aromatic carbocycles. The summed E-state index contributed by atoms with van der Waals surface area (Å²) < 4.78 is 33.4. The standard InChI is InChI=1S/C24H19BrN2O4S2/c1-31-19-10-6-5-9-18(19)27-24-23(33(29,30)17-13-11-16(25)12-14-17)20(26)22(32-24)21(28)15-7-3-2-4-8-15/h2-14,27H,26H2,1H3. The van der Waals surface area contributed by atoms with Crippen LogP contribution in [0.4, 0.5) is 16.4 Å². The number of hydrogen-bond acceptors (Lipinski definition) is 7. The summed E-state index contributed by atoms with van der Waals surface area (Å²) in [7, 11) is -2.52. The Bertz CT molecular complexity index is 1420. The summed E-state index contributed by atoms with van der Waals surface area (Å²) >= 11 is 4.32. The van der Waals surface area contributed by atoms with Crippen molar-refractivity contribution in [1.82, 2.24) is 0 Å². The van der Waals surface area contributed by atoms with Crippen molar-refractivity contribution in [2.45, 2.75) is 9.79 Å². The van der Waals surface area contributed by atoms with Gasteiger partial charge in [0, 0.05) is 10.0 Å². The second kappa shape index (κ2) is 9.38. The molecular weight excluding hydrogens is 524 g/mol. The lowest BCUT2D eigenvalue weighted by atomic mass is 10.1. The van der Waals surface area contributed by atoms with Gasteiger partial charge in [-0.15, -0.1) is 11.3 Å². The van der Waals surface area contributed by atoms with E-state index in [9.17, 15) is 13.2 Å². The normalized spacial score (nSPS) is 11.2. The third kappa shape index (κ3) is 4.52. The van der Waals surface area contributed by atoms with Gasteiger partial charge < -0.3 is 15.8 Å². The van der Waals surface area contributed by atoms with Crippen LogP contribution in [0.1, 0.15) is 15.2 Å². The van der Waals surface area contributed by atoms with Crippen molar-refractivity contribution < 1.29 is 17.9 Å². The van der Waals surface area contributed by atoms with Gasteiger partial charge in [-0.05, 0) is 36.4 Å². The van der Waals surface area contributed by atoms with Crippen molar-refractivity contribution >= 4 is 59.3 Å². The molecular formula is C24H19BrN2O4S2. The number of sulfone groups is 1. The highest BCUT2D eigenvalue weighted by molar-refractivity contribution is 9.10. The number of rotatable bonds is 7. The molecule has 0 aliphatic heterocycles. The van der Waals surface area contributed by atoms with E-state index in [-0.39, 0.29) is 31.1 Å². The first-order valence-electron chi connectivity index (χ1n) is 9.75. The summed E-state index contributed by atoms with van der Waals surface area (Å²) in [4.78, 5) is 13.3. The van der Waals surface area contributed by atoms with Gasteiger partial charge in [0.05, 0.1) is 23.4 Å². The molecule has 6 nitrogen and oxygen atoms in total. The van der Waals surface area contributed by atoms with E-state index in [1.165, 1.54) is 19.2 Å². The summed E-state index contributed by atoms with van der Waals surface area (Å²) in [6.07, 6.45) is 0. The van der Waals surface area contributed by atoms with E-state index in [1.807, 2.05) is 0 Å². The lowest BCUT2D eigenvalue weighted by molar-refractivity contribution is 0.104. The second-order valence-electron chi connectivity index (χ2n) is 6.98. The van der Waals surface area contributed by atoms with Gasteiger partial charge >= 0.3 is 0 Å². The molecule has 0 saturated heterocycles. The average molecular weight is 543 g/mol. The first-order chi connectivity index (χ1) is 15.8. The van der Waals surface area contributed by atoms with Crippen LogP contribution in [0, 0.1) is 0 Å². The van der Waals surface area contributed by atoms with Crippen molar-refractivity contribution in [3.05, 3.63) is 93.8 Å². The Labute approximate surface area is 204 Å². The van der Waals surface area contributed by atoms with Gasteiger partial charge in [0.15, 0.2) is 0 Å². The summed E-state index contributed by atoms with van der Waals surface area (Å²) in [5, 5.41) is 3.36. The van der Waals surface area contributed by atoms with Gasteiger partial charge in [-0.3, -0.25) is 4.79 Å². The topological polar surface area (TPSA) is 98.5 Å². The Balaban J connectivity index is 1.90. The predicted molar refractivity (Wildman–Crippen MR) is 134 cm³/mol. The largest absolute Gasteiger partial charge is 0.495 e. The van der Waals surface area contributed by atoms with E-state index in [0.717, 1.165) is 15.8 Å². The van der Waals surface area contributed by atoms with E-state index < -0.39 is 9.84 Å². The Morgan fingerprint density at radius 3 is 2.27 bits per heavy atom. The number of benzene rings is 3. The molecule has 0 radical (unpaired) electrons. The highest BCUT2D eigenvalue weighted by Gasteiger charge is 2.32. The van der Waals surface area contributed by atoms with Crippen LogP contribution < -0.4 is 15.8 Å². The zero-order valence-corrected chi connectivity index (χ0v) is 20.6. The number of methoxy groups -OCH3 is 1. The van der Waals surface area contributed by atoms with Crippen molar-refractivity contribution in [2.24, 2.45) is 0 Å². The first kappa shape index (κ1) is 23.0. The molecule has 4 aromatic rings. The van der Waals surface area contributed by atoms with Gasteiger partial charge in [-0.1, -0.05) is 58.4 Å². The Morgan fingerprint density at radius 1 is 0.970 bits per heavy atom. The predicted octanol–water partition coefficient (Wildman–Crippen LogP) is 5.91. The number of nitrogens with one attached hydrogen (secondary N) is 1. The number of carbonyl (C=O) groups excluding carboxylic acids is 1. The first-order valence-corrected chi connectivity index (χ1v) is 12.8. The van der Waals surface area contributed by atoms with Crippen LogP contribution in [0.25, 0.3) is 0 Å². The lowest BCUT2D eigenvalue weighted by Crippen LogP contribution is -2.08. The molecule has 1 heterocycles. The average Bonchev–Trinajstić information content (AvgIpc) is 3.16. The number of nitrogen functional groups attached to an aromatic ring is 1. The van der Waals surface area contributed by atoms with Crippen LogP contribution in [-0.2, 0) is 9.84 Å². The van der Waals surface area contributed by atoms with Crippen LogP contribution >= 0.6 is 27.3 Å². The zero-order valence-electron chi connectivity index (χ0n) is 17.4.